The van der Waals surface area contributed by atoms with Crippen molar-refractivity contribution >= 4 is 34.9 Å². The first-order valence-corrected chi connectivity index (χ1v) is 11.6. The van der Waals surface area contributed by atoms with Crippen molar-refractivity contribution in [3.63, 3.8) is 0 Å². The summed E-state index contributed by atoms with van der Waals surface area (Å²) in [7, 11) is 0. The van der Waals surface area contributed by atoms with Crippen molar-refractivity contribution < 1.29 is 22.8 Å². The molecular weight excluding hydrogens is 479 g/mol. The molecule has 0 radical (unpaired) electrons. The minimum Gasteiger partial charge on any atom is -0.308 e. The number of carbonyl (C=O) groups is 2. The van der Waals surface area contributed by atoms with Crippen LogP contribution in [0.15, 0.2) is 60.8 Å². The molecule has 1 aromatic heterocycles. The average molecular weight is 500 g/mol. The van der Waals surface area contributed by atoms with E-state index in [0.717, 1.165) is 49.1 Å². The van der Waals surface area contributed by atoms with Crippen LogP contribution in [0.5, 0.6) is 0 Å². The van der Waals surface area contributed by atoms with Gasteiger partial charge in [0.1, 0.15) is 5.82 Å². The molecule has 2 aliphatic rings. The Morgan fingerprint density at radius 2 is 1.80 bits per heavy atom. The minimum absolute atomic E-state index is 0.0449. The summed E-state index contributed by atoms with van der Waals surface area (Å²) >= 11 is 6.26. The lowest BCUT2D eigenvalue weighted by atomic mass is 9.91. The van der Waals surface area contributed by atoms with Gasteiger partial charge in [-0.2, -0.15) is 13.2 Å². The molecule has 2 aromatic carbocycles. The number of nitrogens with zero attached hydrogens (tertiary/aromatic N) is 2. The number of halogens is 4. The Labute approximate surface area is 204 Å². The third kappa shape index (κ3) is 4.50. The van der Waals surface area contributed by atoms with Crippen LogP contribution in [0.3, 0.4) is 0 Å². The maximum absolute atomic E-state index is 13.4. The van der Waals surface area contributed by atoms with Gasteiger partial charge in [0.2, 0.25) is 0 Å². The maximum Gasteiger partial charge on any atom is 0.417 e. The fourth-order valence-electron chi connectivity index (χ4n) is 4.74. The lowest BCUT2D eigenvalue weighted by Crippen LogP contribution is -2.32. The zero-order valence-corrected chi connectivity index (χ0v) is 19.3. The van der Waals surface area contributed by atoms with Gasteiger partial charge >= 0.3 is 6.18 Å². The highest BCUT2D eigenvalue weighted by molar-refractivity contribution is 6.30. The molecule has 0 atom stereocenters. The number of benzene rings is 2. The molecule has 2 heterocycles. The molecule has 1 N–H and O–H groups in total. The number of amides is 2. The predicted octanol–water partition coefficient (Wildman–Crippen LogP) is 6.48. The zero-order chi connectivity index (χ0) is 24.8. The third-order valence-electron chi connectivity index (χ3n) is 6.69. The van der Waals surface area contributed by atoms with Crippen molar-refractivity contribution in [2.24, 2.45) is 0 Å². The number of fused-ring (bicyclic) bond motifs is 2. The topological polar surface area (TPSA) is 62.3 Å². The molecular formula is C26H21ClF3N3O2. The van der Waals surface area contributed by atoms with Gasteiger partial charge in [0.25, 0.3) is 11.8 Å². The lowest BCUT2D eigenvalue weighted by molar-refractivity contribution is -0.137. The van der Waals surface area contributed by atoms with Gasteiger partial charge < -0.3 is 10.2 Å². The van der Waals surface area contributed by atoms with Crippen LogP contribution in [0.2, 0.25) is 5.02 Å². The van der Waals surface area contributed by atoms with Gasteiger partial charge in [0, 0.05) is 23.5 Å². The summed E-state index contributed by atoms with van der Waals surface area (Å²) in [6, 6.07) is 13.0. The van der Waals surface area contributed by atoms with Crippen molar-refractivity contribution in [1.29, 1.82) is 0 Å². The van der Waals surface area contributed by atoms with Gasteiger partial charge in [-0.1, -0.05) is 23.7 Å². The largest absolute Gasteiger partial charge is 0.417 e. The summed E-state index contributed by atoms with van der Waals surface area (Å²) in [6.07, 6.45) is 0.669. The van der Waals surface area contributed by atoms with Crippen LogP contribution in [0.1, 0.15) is 57.5 Å². The van der Waals surface area contributed by atoms with E-state index in [9.17, 15) is 22.8 Å². The molecule has 1 spiro atoms. The zero-order valence-electron chi connectivity index (χ0n) is 18.5. The van der Waals surface area contributed by atoms with Gasteiger partial charge in [0.15, 0.2) is 0 Å². The van der Waals surface area contributed by atoms with Crippen LogP contribution in [0, 0.1) is 0 Å². The molecule has 1 aliphatic carbocycles. The second kappa shape index (κ2) is 8.68. The monoisotopic (exact) mass is 499 g/mol. The van der Waals surface area contributed by atoms with E-state index in [1.165, 1.54) is 30.5 Å². The molecule has 180 valence electrons. The maximum atomic E-state index is 13.4. The Morgan fingerprint density at radius 3 is 2.49 bits per heavy atom. The van der Waals surface area contributed by atoms with Crippen molar-refractivity contribution in [2.75, 3.05) is 16.8 Å². The highest BCUT2D eigenvalue weighted by atomic mass is 35.5. The van der Waals surface area contributed by atoms with Crippen molar-refractivity contribution in [3.05, 3.63) is 88.1 Å². The van der Waals surface area contributed by atoms with E-state index >= 15 is 0 Å². The molecule has 2 amide bonds. The van der Waals surface area contributed by atoms with E-state index in [0.29, 0.717) is 17.1 Å². The van der Waals surface area contributed by atoms with E-state index in [4.69, 9.17) is 11.6 Å². The van der Waals surface area contributed by atoms with Gasteiger partial charge in [-0.05, 0) is 79.1 Å². The van der Waals surface area contributed by atoms with Crippen LogP contribution < -0.4 is 10.2 Å². The third-order valence-corrected chi connectivity index (χ3v) is 6.92. The van der Waals surface area contributed by atoms with Crippen molar-refractivity contribution in [2.45, 2.75) is 37.3 Å². The molecule has 1 saturated carbocycles. The minimum atomic E-state index is -4.66. The standard InChI is InChI=1S/C26H21ClF3N3O2/c27-17-7-8-21-20(14-17)25(11-12-25)10-3-13-33(21)24(35)16-6-9-22(31-15-16)32-23(34)18-4-1-2-5-19(18)26(28,29)30/h1-2,4-9,14-15H,3,10-13H2,(H,31,32,34). The van der Waals surface area contributed by atoms with Crippen LogP contribution in [-0.2, 0) is 11.6 Å². The second-order valence-corrected chi connectivity index (χ2v) is 9.37. The average Bonchev–Trinajstić information content (AvgIpc) is 3.64. The van der Waals surface area contributed by atoms with Gasteiger partial charge in [-0.25, -0.2) is 4.98 Å². The Bertz CT molecular complexity index is 1300. The van der Waals surface area contributed by atoms with Gasteiger partial charge in [-0.3, -0.25) is 9.59 Å². The van der Waals surface area contributed by atoms with Crippen LogP contribution in [-0.4, -0.2) is 23.3 Å². The Kier molecular flexibility index (Phi) is 5.79. The highest BCUT2D eigenvalue weighted by Crippen LogP contribution is 2.56. The summed E-state index contributed by atoms with van der Waals surface area (Å²) in [5, 5.41) is 3.01. The first kappa shape index (κ1) is 23.4. The summed E-state index contributed by atoms with van der Waals surface area (Å²) < 4.78 is 39.7. The number of pyridine rings is 1. The molecule has 0 unspecified atom stereocenters. The molecule has 5 rings (SSSR count). The molecule has 1 aliphatic heterocycles. The van der Waals surface area contributed by atoms with E-state index < -0.39 is 23.2 Å². The molecule has 3 aromatic rings. The number of aromatic nitrogens is 1. The van der Waals surface area contributed by atoms with Crippen molar-refractivity contribution in [1.82, 2.24) is 4.98 Å². The van der Waals surface area contributed by atoms with Crippen LogP contribution in [0.4, 0.5) is 24.7 Å². The van der Waals surface area contributed by atoms with E-state index in [2.05, 4.69) is 10.3 Å². The first-order valence-electron chi connectivity index (χ1n) is 11.2. The lowest BCUT2D eigenvalue weighted by Gasteiger charge is -2.24. The van der Waals surface area contributed by atoms with Gasteiger partial charge in [0.05, 0.1) is 16.7 Å². The van der Waals surface area contributed by atoms with E-state index in [-0.39, 0.29) is 17.1 Å². The fourth-order valence-corrected chi connectivity index (χ4v) is 4.91. The van der Waals surface area contributed by atoms with E-state index in [1.54, 1.807) is 11.0 Å². The summed E-state index contributed by atoms with van der Waals surface area (Å²) in [5.41, 5.74) is 0.806. The summed E-state index contributed by atoms with van der Waals surface area (Å²) in [6.45, 7) is 0.557. The van der Waals surface area contributed by atoms with E-state index in [1.807, 2.05) is 12.1 Å². The smallest absolute Gasteiger partial charge is 0.308 e. The number of rotatable bonds is 3. The number of nitrogens with one attached hydrogen (secondary N) is 1. The fraction of sp³-hybridized carbons (Fsp3) is 0.269. The van der Waals surface area contributed by atoms with Gasteiger partial charge in [-0.15, -0.1) is 0 Å². The van der Waals surface area contributed by atoms with Crippen LogP contribution in [0.25, 0.3) is 0 Å². The second-order valence-electron chi connectivity index (χ2n) is 8.93. The normalized spacial score (nSPS) is 16.4. The SMILES string of the molecule is O=C(Nc1ccc(C(=O)N2CCCC3(CC3)c3cc(Cl)ccc32)cn1)c1ccccc1C(F)(F)F. The van der Waals surface area contributed by atoms with Crippen LogP contribution >= 0.6 is 11.6 Å². The number of carbonyl (C=O) groups excluding carboxylic acids is 2. The molecule has 5 nitrogen and oxygen atoms in total. The number of alkyl halides is 3. The summed E-state index contributed by atoms with van der Waals surface area (Å²) in [5.74, 6) is -1.12. The molecule has 1 fully saturated rings. The Hall–Kier alpha value is -3.39. The molecule has 0 saturated heterocycles. The Morgan fingerprint density at radius 1 is 1.03 bits per heavy atom. The quantitative estimate of drug-likeness (QED) is 0.448. The predicted molar refractivity (Wildman–Crippen MR) is 127 cm³/mol. The highest BCUT2D eigenvalue weighted by Gasteiger charge is 2.47. The molecule has 0 bridgehead atoms. The number of hydrogen-bond acceptors (Lipinski definition) is 3. The summed E-state index contributed by atoms with van der Waals surface area (Å²) in [4.78, 5) is 31.7. The Balaban J connectivity index is 1.36. The number of hydrogen-bond donors (Lipinski definition) is 1. The molecule has 9 heteroatoms. The van der Waals surface area contributed by atoms with Crippen molar-refractivity contribution in [3.8, 4) is 0 Å². The first-order chi connectivity index (χ1) is 16.7. The number of anilines is 2. The molecule has 35 heavy (non-hydrogen) atoms.